The van der Waals surface area contributed by atoms with Crippen molar-refractivity contribution in [3.8, 4) is 17.2 Å². The van der Waals surface area contributed by atoms with Gasteiger partial charge in [-0.1, -0.05) is 6.07 Å². The van der Waals surface area contributed by atoms with Crippen LogP contribution in [0.1, 0.15) is 5.56 Å². The number of anilines is 2. The first-order valence-electron chi connectivity index (χ1n) is 8.20. The zero-order valence-corrected chi connectivity index (χ0v) is 15.3. The Morgan fingerprint density at radius 2 is 1.96 bits per heavy atom. The maximum atomic E-state index is 12.3. The van der Waals surface area contributed by atoms with E-state index in [2.05, 4.69) is 26.2 Å². The number of methoxy groups -OCH3 is 2. The van der Waals surface area contributed by atoms with E-state index < -0.39 is 0 Å². The molecular formula is C18H20N6O3. The van der Waals surface area contributed by atoms with Gasteiger partial charge in [-0.3, -0.25) is 4.79 Å². The SMILES string of the molecule is COc1ccc(NC(=O)CNc2cc(-n3cnnn3)ccc2C)c(OC)c1. The van der Waals surface area contributed by atoms with Gasteiger partial charge in [0.15, 0.2) is 0 Å². The van der Waals surface area contributed by atoms with Gasteiger partial charge in [0.1, 0.15) is 17.8 Å². The Hall–Kier alpha value is -3.62. The molecule has 27 heavy (non-hydrogen) atoms. The molecule has 0 saturated carbocycles. The van der Waals surface area contributed by atoms with Crippen molar-refractivity contribution in [3.05, 3.63) is 48.3 Å². The molecule has 1 amide bonds. The molecule has 0 spiro atoms. The van der Waals surface area contributed by atoms with Crippen LogP contribution in [0.25, 0.3) is 5.69 Å². The molecule has 3 aromatic rings. The van der Waals surface area contributed by atoms with Crippen molar-refractivity contribution >= 4 is 17.3 Å². The zero-order valence-electron chi connectivity index (χ0n) is 15.3. The molecule has 0 bridgehead atoms. The Labute approximate surface area is 156 Å². The number of nitrogens with zero attached hydrogens (tertiary/aromatic N) is 4. The van der Waals surface area contributed by atoms with Gasteiger partial charge in [-0.15, -0.1) is 5.10 Å². The first-order valence-corrected chi connectivity index (χ1v) is 8.20. The smallest absolute Gasteiger partial charge is 0.243 e. The van der Waals surface area contributed by atoms with E-state index in [0.29, 0.717) is 17.2 Å². The minimum absolute atomic E-state index is 0.0923. The largest absolute Gasteiger partial charge is 0.497 e. The van der Waals surface area contributed by atoms with Crippen LogP contribution in [-0.2, 0) is 4.79 Å². The lowest BCUT2D eigenvalue weighted by Crippen LogP contribution is -2.22. The fourth-order valence-electron chi connectivity index (χ4n) is 2.49. The highest BCUT2D eigenvalue weighted by Crippen LogP contribution is 2.29. The summed E-state index contributed by atoms with van der Waals surface area (Å²) in [5.74, 6) is 0.975. The number of hydrogen-bond donors (Lipinski definition) is 2. The highest BCUT2D eigenvalue weighted by Gasteiger charge is 2.10. The van der Waals surface area contributed by atoms with E-state index in [1.807, 2.05) is 25.1 Å². The summed E-state index contributed by atoms with van der Waals surface area (Å²) in [5, 5.41) is 17.1. The van der Waals surface area contributed by atoms with Gasteiger partial charge in [0.05, 0.1) is 32.1 Å². The van der Waals surface area contributed by atoms with Gasteiger partial charge < -0.3 is 20.1 Å². The minimum Gasteiger partial charge on any atom is -0.497 e. The van der Waals surface area contributed by atoms with E-state index in [1.54, 1.807) is 30.0 Å². The number of rotatable bonds is 7. The number of hydrogen-bond acceptors (Lipinski definition) is 7. The van der Waals surface area contributed by atoms with Crippen LogP contribution in [0.15, 0.2) is 42.7 Å². The highest BCUT2D eigenvalue weighted by molar-refractivity contribution is 5.95. The van der Waals surface area contributed by atoms with Crippen LogP contribution in [0.3, 0.4) is 0 Å². The predicted octanol–water partition coefficient (Wildman–Crippen LogP) is 2.04. The van der Waals surface area contributed by atoms with Gasteiger partial charge in [0.2, 0.25) is 5.91 Å². The Morgan fingerprint density at radius 3 is 2.67 bits per heavy atom. The monoisotopic (exact) mass is 368 g/mol. The number of nitrogens with one attached hydrogen (secondary N) is 2. The van der Waals surface area contributed by atoms with Gasteiger partial charge in [0, 0.05) is 11.8 Å². The molecular weight excluding hydrogens is 348 g/mol. The Balaban J connectivity index is 1.67. The first kappa shape index (κ1) is 18.2. The second-order valence-electron chi connectivity index (χ2n) is 5.72. The second-order valence-corrected chi connectivity index (χ2v) is 5.72. The Kier molecular flexibility index (Phi) is 5.50. The fourth-order valence-corrected chi connectivity index (χ4v) is 2.49. The second kappa shape index (κ2) is 8.17. The van der Waals surface area contributed by atoms with Gasteiger partial charge in [-0.2, -0.15) is 0 Å². The van der Waals surface area contributed by atoms with Crippen molar-refractivity contribution < 1.29 is 14.3 Å². The average molecular weight is 368 g/mol. The number of ether oxygens (including phenoxy) is 2. The molecule has 9 nitrogen and oxygen atoms in total. The van der Waals surface area contributed by atoms with Crippen molar-refractivity contribution in [2.75, 3.05) is 31.4 Å². The summed E-state index contributed by atoms with van der Waals surface area (Å²) in [4.78, 5) is 12.3. The summed E-state index contributed by atoms with van der Waals surface area (Å²) in [5.41, 5.74) is 3.19. The standard InChI is InChI=1S/C18H20N6O3/c1-12-4-5-13(24-11-20-22-23-24)8-16(12)19-10-18(25)21-15-7-6-14(26-2)9-17(15)27-3/h4-9,11,19H,10H2,1-3H3,(H,21,25). The molecule has 0 aliphatic rings. The van der Waals surface area contributed by atoms with Crippen LogP contribution in [0.2, 0.25) is 0 Å². The molecule has 9 heteroatoms. The summed E-state index contributed by atoms with van der Waals surface area (Å²) in [6.45, 7) is 2.05. The number of aryl methyl sites for hydroxylation is 1. The van der Waals surface area contributed by atoms with E-state index in [0.717, 1.165) is 16.9 Å². The Morgan fingerprint density at radius 1 is 1.11 bits per heavy atom. The molecule has 0 fully saturated rings. The quantitative estimate of drug-likeness (QED) is 0.658. The molecule has 0 atom stereocenters. The Bertz CT molecular complexity index is 927. The molecule has 140 valence electrons. The lowest BCUT2D eigenvalue weighted by Gasteiger charge is -2.13. The van der Waals surface area contributed by atoms with Crippen molar-refractivity contribution in [2.45, 2.75) is 6.92 Å². The normalized spacial score (nSPS) is 10.3. The molecule has 1 aromatic heterocycles. The molecule has 3 rings (SSSR count). The third kappa shape index (κ3) is 4.32. The summed E-state index contributed by atoms with van der Waals surface area (Å²) < 4.78 is 12.0. The minimum atomic E-state index is -0.203. The van der Waals surface area contributed by atoms with Crippen LogP contribution in [-0.4, -0.2) is 46.9 Å². The van der Waals surface area contributed by atoms with E-state index in [9.17, 15) is 4.79 Å². The van der Waals surface area contributed by atoms with Gasteiger partial charge in [0.25, 0.3) is 0 Å². The lowest BCUT2D eigenvalue weighted by atomic mass is 10.2. The summed E-state index contributed by atoms with van der Waals surface area (Å²) >= 11 is 0. The van der Waals surface area contributed by atoms with Crippen LogP contribution in [0.4, 0.5) is 11.4 Å². The molecule has 0 saturated heterocycles. The summed E-state index contributed by atoms with van der Waals surface area (Å²) in [6.07, 6.45) is 1.51. The average Bonchev–Trinajstić information content (AvgIpc) is 3.22. The topological polar surface area (TPSA) is 103 Å². The van der Waals surface area contributed by atoms with Crippen molar-refractivity contribution in [1.29, 1.82) is 0 Å². The predicted molar refractivity (Wildman–Crippen MR) is 101 cm³/mol. The van der Waals surface area contributed by atoms with Crippen LogP contribution in [0.5, 0.6) is 11.5 Å². The van der Waals surface area contributed by atoms with Gasteiger partial charge in [-0.25, -0.2) is 4.68 Å². The summed E-state index contributed by atoms with van der Waals surface area (Å²) in [6, 6.07) is 10.9. The number of carbonyl (C=O) groups is 1. The third-order valence-corrected chi connectivity index (χ3v) is 3.96. The maximum Gasteiger partial charge on any atom is 0.243 e. The number of aromatic nitrogens is 4. The van der Waals surface area contributed by atoms with Crippen molar-refractivity contribution in [2.24, 2.45) is 0 Å². The first-order chi connectivity index (χ1) is 13.1. The third-order valence-electron chi connectivity index (χ3n) is 3.96. The maximum absolute atomic E-state index is 12.3. The number of benzene rings is 2. The number of carbonyl (C=O) groups excluding carboxylic acids is 1. The fraction of sp³-hybridized carbons (Fsp3) is 0.222. The van der Waals surface area contributed by atoms with Crippen molar-refractivity contribution in [3.63, 3.8) is 0 Å². The number of amides is 1. The number of tetrazole rings is 1. The molecule has 0 unspecified atom stereocenters. The van der Waals surface area contributed by atoms with Crippen LogP contribution < -0.4 is 20.1 Å². The zero-order chi connectivity index (χ0) is 19.2. The molecule has 2 N–H and O–H groups in total. The van der Waals surface area contributed by atoms with Gasteiger partial charge in [-0.05, 0) is 47.2 Å². The molecule has 0 aliphatic carbocycles. The highest BCUT2D eigenvalue weighted by atomic mass is 16.5. The molecule has 1 heterocycles. The van der Waals surface area contributed by atoms with E-state index >= 15 is 0 Å². The molecule has 0 aliphatic heterocycles. The molecule has 2 aromatic carbocycles. The van der Waals surface area contributed by atoms with Crippen LogP contribution in [0, 0.1) is 6.92 Å². The summed E-state index contributed by atoms with van der Waals surface area (Å²) in [7, 11) is 3.11. The van der Waals surface area contributed by atoms with E-state index in [4.69, 9.17) is 9.47 Å². The van der Waals surface area contributed by atoms with Crippen LogP contribution >= 0.6 is 0 Å². The van der Waals surface area contributed by atoms with E-state index in [-0.39, 0.29) is 12.5 Å². The van der Waals surface area contributed by atoms with Gasteiger partial charge >= 0.3 is 0 Å². The van der Waals surface area contributed by atoms with E-state index in [1.165, 1.54) is 13.4 Å². The van der Waals surface area contributed by atoms with Crippen molar-refractivity contribution in [1.82, 2.24) is 20.2 Å². The molecule has 0 radical (unpaired) electrons. The lowest BCUT2D eigenvalue weighted by molar-refractivity contribution is -0.114.